The van der Waals surface area contributed by atoms with Crippen LogP contribution in [0.1, 0.15) is 53.1 Å². The van der Waals surface area contributed by atoms with Crippen LogP contribution in [-0.2, 0) is 25.6 Å². The molecule has 0 aliphatic rings. The fourth-order valence-electron chi connectivity index (χ4n) is 3.28. The number of ether oxygens (including phenoxy) is 2. The van der Waals surface area contributed by atoms with Crippen LogP contribution in [0.4, 0.5) is 0 Å². The molecule has 2 aromatic rings. The van der Waals surface area contributed by atoms with Gasteiger partial charge in [0.05, 0.1) is 25.0 Å². The lowest BCUT2D eigenvalue weighted by Gasteiger charge is -2.18. The molecule has 168 valence electrons. The molecular formula is C23H31N3O5. The van der Waals surface area contributed by atoms with E-state index in [-0.39, 0.29) is 5.92 Å². The number of rotatable bonds is 9. The van der Waals surface area contributed by atoms with Crippen LogP contribution in [-0.4, -0.2) is 47.4 Å². The first-order valence-electron chi connectivity index (χ1n) is 10.3. The highest BCUT2D eigenvalue weighted by molar-refractivity contribution is 5.94. The van der Waals surface area contributed by atoms with Gasteiger partial charge in [0.15, 0.2) is 6.61 Å². The average molecular weight is 430 g/mol. The van der Waals surface area contributed by atoms with Crippen LogP contribution >= 0.6 is 0 Å². The van der Waals surface area contributed by atoms with Crippen molar-refractivity contribution in [1.82, 2.24) is 15.1 Å². The zero-order valence-electron chi connectivity index (χ0n) is 19.0. The summed E-state index contributed by atoms with van der Waals surface area (Å²) in [5, 5.41) is 7.01. The predicted octanol–water partition coefficient (Wildman–Crippen LogP) is 2.72. The summed E-state index contributed by atoms with van der Waals surface area (Å²) < 4.78 is 11.7. The molecule has 0 bridgehead atoms. The Bertz CT molecular complexity index is 931. The standard InChI is InChI=1S/C23H31N3O5/c1-14(2)11-19(22(28)30-6)24-20(27)13-31-23(29)21-16(4)25-26(17(21)5)12-18-9-7-15(3)8-10-18/h7-10,14,19H,11-13H2,1-6H3,(H,24,27)/t19-/m1/s1. The van der Waals surface area contributed by atoms with Gasteiger partial charge in [-0.1, -0.05) is 43.7 Å². The summed E-state index contributed by atoms with van der Waals surface area (Å²) in [4.78, 5) is 36.7. The molecule has 1 heterocycles. The number of carbonyl (C=O) groups is 3. The predicted molar refractivity (Wildman–Crippen MR) is 116 cm³/mol. The molecule has 0 saturated carbocycles. The van der Waals surface area contributed by atoms with Gasteiger partial charge in [-0.25, -0.2) is 9.59 Å². The summed E-state index contributed by atoms with van der Waals surface area (Å²) in [5.74, 6) is -1.54. The number of benzene rings is 1. The molecule has 1 amide bonds. The van der Waals surface area contributed by atoms with Crippen molar-refractivity contribution >= 4 is 17.8 Å². The Labute approximate surface area is 182 Å². The number of aromatic nitrogens is 2. The number of hydrogen-bond acceptors (Lipinski definition) is 6. The zero-order chi connectivity index (χ0) is 23.1. The lowest BCUT2D eigenvalue weighted by molar-refractivity contribution is -0.145. The summed E-state index contributed by atoms with van der Waals surface area (Å²) in [5.41, 5.74) is 3.77. The summed E-state index contributed by atoms with van der Waals surface area (Å²) in [6.07, 6.45) is 0.427. The highest BCUT2D eigenvalue weighted by Crippen LogP contribution is 2.16. The number of carbonyl (C=O) groups excluding carboxylic acids is 3. The minimum atomic E-state index is -0.781. The minimum absolute atomic E-state index is 0.177. The van der Waals surface area contributed by atoms with Crippen molar-refractivity contribution in [3.8, 4) is 0 Å². The van der Waals surface area contributed by atoms with Crippen LogP contribution in [0.15, 0.2) is 24.3 Å². The minimum Gasteiger partial charge on any atom is -0.467 e. The normalized spacial score (nSPS) is 11.8. The molecule has 0 unspecified atom stereocenters. The molecule has 8 nitrogen and oxygen atoms in total. The van der Waals surface area contributed by atoms with Crippen LogP contribution < -0.4 is 5.32 Å². The lowest BCUT2D eigenvalue weighted by atomic mass is 10.0. The van der Waals surface area contributed by atoms with Crippen LogP contribution in [0.2, 0.25) is 0 Å². The topological polar surface area (TPSA) is 99.5 Å². The molecule has 2 rings (SSSR count). The summed E-state index contributed by atoms with van der Waals surface area (Å²) in [6, 6.07) is 7.30. The first-order valence-corrected chi connectivity index (χ1v) is 10.3. The van der Waals surface area contributed by atoms with Crippen molar-refractivity contribution in [1.29, 1.82) is 0 Å². The molecule has 1 atom stereocenters. The number of esters is 2. The quantitative estimate of drug-likeness (QED) is 0.616. The number of aryl methyl sites for hydroxylation is 2. The van der Waals surface area contributed by atoms with E-state index in [9.17, 15) is 14.4 Å². The van der Waals surface area contributed by atoms with E-state index in [0.717, 1.165) is 5.56 Å². The first kappa shape index (κ1) is 24.1. The maximum atomic E-state index is 12.6. The fourth-order valence-corrected chi connectivity index (χ4v) is 3.28. The molecule has 31 heavy (non-hydrogen) atoms. The van der Waals surface area contributed by atoms with E-state index in [1.54, 1.807) is 18.5 Å². The van der Waals surface area contributed by atoms with Crippen molar-refractivity contribution in [2.45, 2.75) is 53.6 Å². The second kappa shape index (κ2) is 10.7. The Kier molecular flexibility index (Phi) is 8.36. The van der Waals surface area contributed by atoms with Gasteiger partial charge in [-0.3, -0.25) is 9.48 Å². The van der Waals surface area contributed by atoms with Crippen LogP contribution in [0.25, 0.3) is 0 Å². The van der Waals surface area contributed by atoms with Gasteiger partial charge in [-0.2, -0.15) is 5.10 Å². The van der Waals surface area contributed by atoms with Crippen molar-refractivity contribution in [3.05, 3.63) is 52.3 Å². The molecular weight excluding hydrogens is 398 g/mol. The Morgan fingerprint density at radius 3 is 2.32 bits per heavy atom. The van der Waals surface area contributed by atoms with Gasteiger partial charge in [0.1, 0.15) is 11.6 Å². The summed E-state index contributed by atoms with van der Waals surface area (Å²) in [7, 11) is 1.27. The molecule has 8 heteroatoms. The third kappa shape index (κ3) is 6.67. The number of methoxy groups -OCH3 is 1. The van der Waals surface area contributed by atoms with E-state index in [2.05, 4.69) is 10.4 Å². The highest BCUT2D eigenvalue weighted by atomic mass is 16.5. The second-order valence-corrected chi connectivity index (χ2v) is 8.04. The zero-order valence-corrected chi connectivity index (χ0v) is 19.0. The van der Waals surface area contributed by atoms with Crippen molar-refractivity contribution in [2.75, 3.05) is 13.7 Å². The Balaban J connectivity index is 2.01. The second-order valence-electron chi connectivity index (χ2n) is 8.04. The Morgan fingerprint density at radius 1 is 1.10 bits per heavy atom. The summed E-state index contributed by atoms with van der Waals surface area (Å²) >= 11 is 0. The van der Waals surface area contributed by atoms with E-state index in [4.69, 9.17) is 9.47 Å². The maximum absolute atomic E-state index is 12.6. The molecule has 0 aliphatic carbocycles. The van der Waals surface area contributed by atoms with Gasteiger partial charge in [0.25, 0.3) is 5.91 Å². The van der Waals surface area contributed by atoms with E-state index in [0.29, 0.717) is 29.9 Å². The number of hydrogen-bond donors (Lipinski definition) is 1. The largest absolute Gasteiger partial charge is 0.467 e. The third-order valence-corrected chi connectivity index (χ3v) is 4.90. The monoisotopic (exact) mass is 429 g/mol. The molecule has 1 aromatic heterocycles. The van der Waals surface area contributed by atoms with Crippen LogP contribution in [0.3, 0.4) is 0 Å². The van der Waals surface area contributed by atoms with E-state index < -0.39 is 30.5 Å². The number of nitrogens with one attached hydrogen (secondary N) is 1. The molecule has 0 aliphatic heterocycles. The SMILES string of the molecule is COC(=O)[C@@H](CC(C)C)NC(=O)COC(=O)c1c(C)nn(Cc2ccc(C)cc2)c1C. The summed E-state index contributed by atoms with van der Waals surface area (Å²) in [6.45, 7) is 9.44. The van der Waals surface area contributed by atoms with E-state index in [1.807, 2.05) is 45.0 Å². The lowest BCUT2D eigenvalue weighted by Crippen LogP contribution is -2.44. The van der Waals surface area contributed by atoms with Gasteiger partial charge in [0, 0.05) is 0 Å². The smallest absolute Gasteiger partial charge is 0.342 e. The van der Waals surface area contributed by atoms with Crippen molar-refractivity contribution in [2.24, 2.45) is 5.92 Å². The third-order valence-electron chi connectivity index (χ3n) is 4.90. The van der Waals surface area contributed by atoms with Gasteiger partial charge in [-0.15, -0.1) is 0 Å². The van der Waals surface area contributed by atoms with Gasteiger partial charge in [-0.05, 0) is 38.7 Å². The van der Waals surface area contributed by atoms with E-state index in [1.165, 1.54) is 12.7 Å². The molecule has 0 saturated heterocycles. The van der Waals surface area contributed by atoms with Gasteiger partial charge >= 0.3 is 11.9 Å². The molecule has 0 radical (unpaired) electrons. The maximum Gasteiger partial charge on any atom is 0.342 e. The highest BCUT2D eigenvalue weighted by Gasteiger charge is 2.25. The molecule has 0 spiro atoms. The number of amides is 1. The van der Waals surface area contributed by atoms with Crippen LogP contribution in [0, 0.1) is 26.7 Å². The fraction of sp³-hybridized carbons (Fsp3) is 0.478. The van der Waals surface area contributed by atoms with Crippen LogP contribution in [0.5, 0.6) is 0 Å². The van der Waals surface area contributed by atoms with Crippen molar-refractivity contribution < 1.29 is 23.9 Å². The average Bonchev–Trinajstić information content (AvgIpc) is 2.99. The van der Waals surface area contributed by atoms with Gasteiger partial charge < -0.3 is 14.8 Å². The van der Waals surface area contributed by atoms with Crippen molar-refractivity contribution in [3.63, 3.8) is 0 Å². The van der Waals surface area contributed by atoms with E-state index >= 15 is 0 Å². The Hall–Kier alpha value is -3.16. The first-order chi connectivity index (χ1) is 14.6. The van der Waals surface area contributed by atoms with Gasteiger partial charge in [0.2, 0.25) is 0 Å². The molecule has 0 fully saturated rings. The number of nitrogens with zero attached hydrogens (tertiary/aromatic N) is 2. The Morgan fingerprint density at radius 2 is 1.74 bits per heavy atom. The molecule has 1 aromatic carbocycles. The molecule has 1 N–H and O–H groups in total.